The molecule has 1 atom stereocenters. The molecule has 2 saturated heterocycles. The Morgan fingerprint density at radius 1 is 0.938 bits per heavy atom. The molecule has 0 N–H and O–H groups in total. The van der Waals surface area contributed by atoms with E-state index in [0.717, 1.165) is 5.01 Å². The average Bonchev–Trinajstić information content (AvgIpc) is 3.03. The zero-order valence-corrected chi connectivity index (χ0v) is 19.0. The van der Waals surface area contributed by atoms with E-state index >= 15 is 0 Å². The summed E-state index contributed by atoms with van der Waals surface area (Å²) in [6.07, 6.45) is -3.40. The van der Waals surface area contributed by atoms with Crippen LogP contribution < -0.4 is 0 Å². The smallest absolute Gasteiger partial charge is 0.430 e. The second kappa shape index (κ2) is 8.33. The molecule has 3 rings (SSSR count). The van der Waals surface area contributed by atoms with Gasteiger partial charge in [0.15, 0.2) is 0 Å². The molecule has 1 aromatic carbocycles. The Hall–Kier alpha value is -3.30. The molecule has 1 unspecified atom stereocenters. The molecule has 1 spiro atoms. The highest BCUT2D eigenvalue weighted by atomic mass is 16.7. The van der Waals surface area contributed by atoms with Crippen LogP contribution in [0.25, 0.3) is 0 Å². The molecular formula is C22H28N2O8. The number of hydrogen-bond acceptors (Lipinski definition) is 8. The summed E-state index contributed by atoms with van der Waals surface area (Å²) in [5.41, 5.74) is -1.67. The second-order valence-electron chi connectivity index (χ2n) is 8.69. The lowest BCUT2D eigenvalue weighted by Crippen LogP contribution is -2.68. The molecule has 1 aromatic rings. The highest BCUT2D eigenvalue weighted by Gasteiger charge is 2.70. The predicted molar refractivity (Wildman–Crippen MR) is 110 cm³/mol. The number of rotatable bonds is 3. The van der Waals surface area contributed by atoms with Gasteiger partial charge in [-0.05, 0) is 33.3 Å². The molecule has 174 valence electrons. The van der Waals surface area contributed by atoms with Gasteiger partial charge in [-0.25, -0.2) is 24.2 Å². The molecule has 10 nitrogen and oxygen atoms in total. The van der Waals surface area contributed by atoms with E-state index in [0.29, 0.717) is 10.6 Å². The van der Waals surface area contributed by atoms with Gasteiger partial charge in [0.05, 0.1) is 18.2 Å². The maximum absolute atomic E-state index is 13.3. The van der Waals surface area contributed by atoms with Crippen LogP contribution in [0.1, 0.15) is 59.6 Å². The van der Waals surface area contributed by atoms with Crippen molar-refractivity contribution in [2.24, 2.45) is 0 Å². The van der Waals surface area contributed by atoms with E-state index in [1.165, 1.54) is 13.8 Å². The molecule has 2 heterocycles. The van der Waals surface area contributed by atoms with Crippen LogP contribution in [0.5, 0.6) is 0 Å². The molecule has 0 radical (unpaired) electrons. The van der Waals surface area contributed by atoms with Crippen molar-refractivity contribution >= 4 is 24.1 Å². The van der Waals surface area contributed by atoms with Crippen molar-refractivity contribution < 1.29 is 38.1 Å². The van der Waals surface area contributed by atoms with Crippen LogP contribution in [0.15, 0.2) is 30.3 Å². The minimum atomic E-state index is -2.25. The number of amides is 2. The van der Waals surface area contributed by atoms with E-state index in [1.54, 1.807) is 58.0 Å². The normalized spacial score (nSPS) is 21.6. The fourth-order valence-electron chi connectivity index (χ4n) is 3.73. The molecule has 10 heteroatoms. The Morgan fingerprint density at radius 3 is 1.94 bits per heavy atom. The zero-order chi connectivity index (χ0) is 23.8. The first-order chi connectivity index (χ1) is 14.9. The Balaban J connectivity index is 2.19. The van der Waals surface area contributed by atoms with Gasteiger partial charge in [0, 0.05) is 20.3 Å². The second-order valence-corrected chi connectivity index (χ2v) is 8.69. The summed E-state index contributed by atoms with van der Waals surface area (Å²) in [4.78, 5) is 52.9. The number of carbonyl (C=O) groups is 4. The molecule has 0 aromatic heterocycles. The van der Waals surface area contributed by atoms with Crippen LogP contribution in [0.2, 0.25) is 0 Å². The topological polar surface area (TPSA) is 112 Å². The summed E-state index contributed by atoms with van der Waals surface area (Å²) < 4.78 is 21.4. The fraction of sp³-hybridized carbons (Fsp3) is 0.545. The summed E-state index contributed by atoms with van der Waals surface area (Å²) in [6.45, 7) is 9.30. The third kappa shape index (κ3) is 4.09. The lowest BCUT2D eigenvalue weighted by molar-refractivity contribution is -0.253. The Labute approximate surface area is 186 Å². The fourth-order valence-corrected chi connectivity index (χ4v) is 3.73. The summed E-state index contributed by atoms with van der Waals surface area (Å²) >= 11 is 0. The maximum Gasteiger partial charge on any atom is 0.430 e. The molecule has 0 aliphatic carbocycles. The molecule has 2 fully saturated rings. The minimum Gasteiger partial charge on any atom is -0.445 e. The Kier molecular flexibility index (Phi) is 6.08. The number of hydrazine groups is 1. The van der Waals surface area contributed by atoms with E-state index in [9.17, 15) is 19.2 Å². The number of carbonyl (C=O) groups excluding carboxylic acids is 4. The van der Waals surface area contributed by atoms with E-state index in [1.807, 2.05) is 0 Å². The molecule has 32 heavy (non-hydrogen) atoms. The zero-order valence-electron chi connectivity index (χ0n) is 19.0. The van der Waals surface area contributed by atoms with Gasteiger partial charge in [0.1, 0.15) is 0 Å². The number of esters is 2. The van der Waals surface area contributed by atoms with Crippen molar-refractivity contribution in [3.8, 4) is 0 Å². The maximum atomic E-state index is 13.3. The van der Waals surface area contributed by atoms with E-state index in [-0.39, 0.29) is 6.42 Å². The van der Waals surface area contributed by atoms with Crippen LogP contribution >= 0.6 is 0 Å². The van der Waals surface area contributed by atoms with Crippen molar-refractivity contribution in [3.63, 3.8) is 0 Å². The summed E-state index contributed by atoms with van der Waals surface area (Å²) in [5, 5.41) is 1.64. The molecule has 2 aliphatic heterocycles. The van der Waals surface area contributed by atoms with E-state index < -0.39 is 53.7 Å². The van der Waals surface area contributed by atoms with Crippen molar-refractivity contribution in [2.45, 2.75) is 77.5 Å². The van der Waals surface area contributed by atoms with Crippen LogP contribution in [0.3, 0.4) is 0 Å². The molecular weight excluding hydrogens is 420 g/mol. The number of nitrogens with zero attached hydrogens (tertiary/aromatic N) is 2. The van der Waals surface area contributed by atoms with Crippen molar-refractivity contribution in [2.75, 3.05) is 0 Å². The van der Waals surface area contributed by atoms with E-state index in [2.05, 4.69) is 0 Å². The number of hydrogen-bond donors (Lipinski definition) is 0. The first-order valence-electron chi connectivity index (χ1n) is 10.4. The number of benzene rings is 1. The van der Waals surface area contributed by atoms with Gasteiger partial charge in [-0.3, -0.25) is 0 Å². The molecule has 0 bridgehead atoms. The highest BCUT2D eigenvalue weighted by molar-refractivity contribution is 6.09. The first-order valence-corrected chi connectivity index (χ1v) is 10.4. The molecule has 2 amide bonds. The van der Waals surface area contributed by atoms with Gasteiger partial charge in [0.25, 0.3) is 11.3 Å². The van der Waals surface area contributed by atoms with Crippen molar-refractivity contribution in [1.29, 1.82) is 0 Å². The quantitative estimate of drug-likeness (QED) is 0.393. The summed E-state index contributed by atoms with van der Waals surface area (Å²) in [7, 11) is 0. The third-order valence-corrected chi connectivity index (χ3v) is 4.93. The predicted octanol–water partition coefficient (Wildman–Crippen LogP) is 3.32. The summed E-state index contributed by atoms with van der Waals surface area (Å²) in [5.74, 6) is -3.55. The first kappa shape index (κ1) is 23.4. The van der Waals surface area contributed by atoms with Crippen molar-refractivity contribution in [3.05, 3.63) is 35.9 Å². The van der Waals surface area contributed by atoms with Crippen LogP contribution in [0.4, 0.5) is 9.59 Å². The molecule has 0 saturated carbocycles. The van der Waals surface area contributed by atoms with Gasteiger partial charge in [-0.15, -0.1) is 0 Å². The van der Waals surface area contributed by atoms with Crippen LogP contribution in [0, 0.1) is 0 Å². The minimum absolute atomic E-state index is 0.287. The van der Waals surface area contributed by atoms with Crippen molar-refractivity contribution in [1.82, 2.24) is 10.0 Å². The van der Waals surface area contributed by atoms with Gasteiger partial charge in [-0.1, -0.05) is 30.3 Å². The number of cyclic esters (lactones) is 2. The van der Waals surface area contributed by atoms with Crippen LogP contribution in [-0.4, -0.2) is 57.7 Å². The van der Waals surface area contributed by atoms with Gasteiger partial charge in [0.2, 0.25) is 0 Å². The third-order valence-electron chi connectivity index (χ3n) is 4.93. The largest absolute Gasteiger partial charge is 0.445 e. The average molecular weight is 448 g/mol. The lowest BCUT2D eigenvalue weighted by atomic mass is 9.89. The standard InChI is InChI=1S/C22H28N2O8/c1-13(2)29-19(27)23-16(15-10-8-7-9-11-15)12-22(24(23)20(28)30-14(3)4)17(25)31-21(5,6)32-18(22)26/h7-11,13-14,16H,12H2,1-6H3. The Morgan fingerprint density at radius 2 is 1.44 bits per heavy atom. The lowest BCUT2D eigenvalue weighted by Gasteiger charge is -2.42. The van der Waals surface area contributed by atoms with Gasteiger partial charge in [-0.2, -0.15) is 5.01 Å². The monoisotopic (exact) mass is 448 g/mol. The van der Waals surface area contributed by atoms with E-state index in [4.69, 9.17) is 18.9 Å². The number of ether oxygens (including phenoxy) is 4. The SMILES string of the molecule is CC(C)OC(=O)N1C(c2ccccc2)CC2(C(=O)OC(C)(C)OC2=O)N1C(=O)OC(C)C. The van der Waals surface area contributed by atoms with Gasteiger partial charge >= 0.3 is 24.1 Å². The summed E-state index contributed by atoms with van der Waals surface area (Å²) in [6, 6.07) is 7.79. The highest BCUT2D eigenvalue weighted by Crippen LogP contribution is 2.48. The Bertz CT molecular complexity index is 892. The van der Waals surface area contributed by atoms with Crippen LogP contribution in [-0.2, 0) is 28.5 Å². The molecule has 2 aliphatic rings. The van der Waals surface area contributed by atoms with Gasteiger partial charge < -0.3 is 18.9 Å².